The molecular weight excluding hydrogens is 1310 g/mol. The number of hydrogen-bond acceptors (Lipinski definition) is 15. The van der Waals surface area contributed by atoms with Crippen molar-refractivity contribution in [2.45, 2.75) is 85.7 Å². The predicted octanol–water partition coefficient (Wildman–Crippen LogP) is 17.0. The average molecular weight is 1410 g/mol. The van der Waals surface area contributed by atoms with E-state index in [0.29, 0.717) is 94.5 Å². The molecule has 0 atom stereocenters. The van der Waals surface area contributed by atoms with Gasteiger partial charge in [0.25, 0.3) is 17.7 Å². The molecule has 2 heterocycles. The van der Waals surface area contributed by atoms with Crippen LogP contribution in [-0.4, -0.2) is 118 Å². The number of ether oxygens (including phenoxy) is 6. The van der Waals surface area contributed by atoms with Crippen molar-refractivity contribution in [3.05, 3.63) is 250 Å². The van der Waals surface area contributed by atoms with E-state index in [-0.39, 0.29) is 34.8 Å². The second kappa shape index (κ2) is 36.9. The van der Waals surface area contributed by atoms with Crippen molar-refractivity contribution in [3.63, 3.8) is 0 Å². The first-order valence-corrected chi connectivity index (χ1v) is 34.8. The molecule has 0 unspecified atom stereocenters. The Morgan fingerprint density at radius 2 is 0.769 bits per heavy atom. The Bertz CT molecular complexity index is 4470. The van der Waals surface area contributed by atoms with E-state index in [9.17, 15) is 38.7 Å². The number of amides is 4. The molecule has 19 nitrogen and oxygen atoms in total. The van der Waals surface area contributed by atoms with E-state index in [4.69, 9.17) is 28.4 Å². The van der Waals surface area contributed by atoms with Crippen molar-refractivity contribution in [1.82, 2.24) is 10.2 Å². The van der Waals surface area contributed by atoms with Gasteiger partial charge in [0.2, 0.25) is 0 Å². The van der Waals surface area contributed by atoms with E-state index in [2.05, 4.69) is 21.3 Å². The minimum absolute atomic E-state index is 0.00280. The number of hydrogen-bond donors (Lipinski definition) is 5. The summed E-state index contributed by atoms with van der Waals surface area (Å²) in [6.45, 7) is 15.8. The summed E-state index contributed by atoms with van der Waals surface area (Å²) in [4.78, 5) is 90.5. The first kappa shape index (κ1) is 76.6. The molecule has 4 amide bonds. The van der Waals surface area contributed by atoms with Gasteiger partial charge in [-0.3, -0.25) is 14.4 Å². The number of piperidine rings is 2. The van der Waals surface area contributed by atoms with Gasteiger partial charge in [-0.05, 0) is 228 Å². The van der Waals surface area contributed by atoms with E-state index in [1.807, 2.05) is 162 Å². The lowest BCUT2D eigenvalue weighted by Crippen LogP contribution is -2.41. The summed E-state index contributed by atoms with van der Waals surface area (Å²) in [5, 5.41) is 21.7. The van der Waals surface area contributed by atoms with Gasteiger partial charge in [0.1, 0.15) is 22.8 Å². The highest BCUT2D eigenvalue weighted by molar-refractivity contribution is 6.11. The fraction of sp³-hybridized carbons (Fsp3) is 0.282. The van der Waals surface area contributed by atoms with Crippen LogP contribution in [0, 0.1) is 32.6 Å². The van der Waals surface area contributed by atoms with E-state index in [1.54, 1.807) is 72.5 Å². The Labute approximate surface area is 608 Å². The third-order valence-corrected chi connectivity index (χ3v) is 18.0. The van der Waals surface area contributed by atoms with Crippen molar-refractivity contribution in [3.8, 4) is 50.6 Å². The molecule has 0 saturated carbocycles. The van der Waals surface area contributed by atoms with Crippen LogP contribution in [0.1, 0.15) is 138 Å². The average Bonchev–Trinajstić information content (AvgIpc) is 0.820. The Morgan fingerprint density at radius 1 is 0.423 bits per heavy atom. The third-order valence-electron chi connectivity index (χ3n) is 18.0. The van der Waals surface area contributed by atoms with Gasteiger partial charge in [-0.15, -0.1) is 0 Å². The summed E-state index contributed by atoms with van der Waals surface area (Å²) in [6, 6.07) is 60.5. The van der Waals surface area contributed by atoms with Crippen LogP contribution in [0.3, 0.4) is 0 Å². The molecule has 5 N–H and O–H groups in total. The van der Waals surface area contributed by atoms with Gasteiger partial charge in [-0.1, -0.05) is 127 Å². The van der Waals surface area contributed by atoms with Crippen molar-refractivity contribution in [1.29, 1.82) is 0 Å². The molecule has 2 saturated heterocycles. The van der Waals surface area contributed by atoms with Crippen molar-refractivity contribution < 1.29 is 67.1 Å². The first-order valence-electron chi connectivity index (χ1n) is 34.8. The maximum absolute atomic E-state index is 13.4. The second-order valence-electron chi connectivity index (χ2n) is 26.5. The number of aromatic hydroxyl groups is 1. The van der Waals surface area contributed by atoms with Gasteiger partial charge < -0.3 is 59.7 Å². The summed E-state index contributed by atoms with van der Waals surface area (Å²) in [5.41, 5.74) is 10.6. The van der Waals surface area contributed by atoms with Crippen LogP contribution in [0.15, 0.2) is 200 Å². The number of benzene rings is 9. The van der Waals surface area contributed by atoms with Crippen molar-refractivity contribution in [2.75, 3.05) is 76.7 Å². The van der Waals surface area contributed by atoms with Gasteiger partial charge in [-0.25, -0.2) is 19.2 Å². The minimum atomic E-state index is -0.544. The number of likely N-dealkylation sites (tertiary alicyclic amines) is 1. The largest absolute Gasteiger partial charge is 0.508 e. The van der Waals surface area contributed by atoms with E-state index in [0.717, 1.165) is 83.3 Å². The Morgan fingerprint density at radius 3 is 1.12 bits per heavy atom. The first-order chi connectivity index (χ1) is 50.1. The van der Waals surface area contributed by atoms with E-state index >= 15 is 0 Å². The maximum Gasteiger partial charge on any atom is 0.410 e. The van der Waals surface area contributed by atoms with E-state index < -0.39 is 29.4 Å². The maximum atomic E-state index is 13.4. The molecule has 9 aromatic carbocycles. The van der Waals surface area contributed by atoms with Crippen LogP contribution >= 0.6 is 0 Å². The van der Waals surface area contributed by atoms with Gasteiger partial charge in [-0.2, -0.15) is 0 Å². The van der Waals surface area contributed by atoms with Gasteiger partial charge in [0.15, 0.2) is 0 Å². The molecule has 104 heavy (non-hydrogen) atoms. The molecule has 0 spiro atoms. The van der Waals surface area contributed by atoms with Crippen LogP contribution in [0.5, 0.6) is 17.2 Å². The number of carbonyl (C=O) groups is 7. The number of phenolic OH excluding ortho intramolecular Hbond substituents is 1. The summed E-state index contributed by atoms with van der Waals surface area (Å²) >= 11 is 0. The van der Waals surface area contributed by atoms with Crippen molar-refractivity contribution in [2.24, 2.45) is 11.8 Å². The molecule has 19 heteroatoms. The number of nitrogens with zero attached hydrogens (tertiary/aromatic N) is 1. The highest BCUT2D eigenvalue weighted by Gasteiger charge is 2.28. The lowest BCUT2D eigenvalue weighted by Gasteiger charge is -2.33. The summed E-state index contributed by atoms with van der Waals surface area (Å²) in [6.07, 6.45) is 5.75. The van der Waals surface area contributed by atoms with Crippen molar-refractivity contribution >= 4 is 58.8 Å². The van der Waals surface area contributed by atoms with Crippen LogP contribution < -0.4 is 30.7 Å². The SMILES string of the molecule is COC(=O)c1ccc(-c2ccccc2)cc1NC(=O)c1cc(O)ccc1C.COC(=O)c1ccc(-c2ccccc2)cc1NC(=O)c1cc(OCCC2CCN(C(=O)OC(C)(C)C)CC2)ccc1C.COC(=O)c1ccc(-c2ccccc2)cc1NC(=O)c1cc(OCCC2CCNCC2)ccc1C. The summed E-state index contributed by atoms with van der Waals surface area (Å²) in [5.74, 6) is -0.257. The monoisotopic (exact) mass is 1410 g/mol. The number of aryl methyl sites for hydroxylation is 3. The molecule has 0 bridgehead atoms. The van der Waals surface area contributed by atoms with Crippen LogP contribution in [-0.2, 0) is 18.9 Å². The number of carbonyl (C=O) groups excluding carboxylic acids is 7. The molecule has 2 aliphatic rings. The molecule has 0 aliphatic carbocycles. The molecule has 0 aromatic heterocycles. The Balaban J connectivity index is 0.000000185. The quantitative estimate of drug-likeness (QED) is 0.0352. The highest BCUT2D eigenvalue weighted by Crippen LogP contribution is 2.33. The van der Waals surface area contributed by atoms with Crippen LogP contribution in [0.25, 0.3) is 33.4 Å². The molecular formula is C85H91N5O14. The van der Waals surface area contributed by atoms with Gasteiger partial charge in [0, 0.05) is 29.8 Å². The lowest BCUT2D eigenvalue weighted by molar-refractivity contribution is 0.0176. The predicted molar refractivity (Wildman–Crippen MR) is 405 cm³/mol. The molecule has 9 aromatic rings. The minimum Gasteiger partial charge on any atom is -0.508 e. The number of phenols is 1. The van der Waals surface area contributed by atoms with Crippen LogP contribution in [0.4, 0.5) is 21.9 Å². The van der Waals surface area contributed by atoms with Crippen LogP contribution in [0.2, 0.25) is 0 Å². The fourth-order valence-corrected chi connectivity index (χ4v) is 12.1. The molecule has 540 valence electrons. The molecule has 0 radical (unpaired) electrons. The van der Waals surface area contributed by atoms with E-state index in [1.165, 1.54) is 46.3 Å². The molecule has 2 aliphatic heterocycles. The zero-order valence-corrected chi connectivity index (χ0v) is 60.4. The number of esters is 3. The second-order valence-corrected chi connectivity index (χ2v) is 26.5. The standard InChI is InChI=1S/C34H40N2O6.C29H32N2O4.C22H19NO4/c1-23-11-13-27(41-20-17-24-15-18-36(19-16-24)33(39)42-34(2,3)4)22-29(23)31(37)35-30-21-26(25-9-7-6-8-10-25)12-14-28(30)32(38)40-5;1-20-8-10-24(35-17-14-21-12-15-30-16-13-21)19-26(20)28(32)31-27-18-23(22-6-4-3-5-7-22)9-11-25(27)29(33)34-2;1-14-8-10-17(24)13-19(14)21(25)23-20-12-16(15-6-4-3-5-7-15)9-11-18(20)22(26)27-2/h6-14,21-22,24H,15-20H2,1-5H3,(H,35,37);3-11,18-19,21,30H,12-17H2,1-2H3,(H,31,32);3-13,24H,1-2H3,(H,23,25). The third kappa shape index (κ3) is 21.5. The van der Waals surface area contributed by atoms with Gasteiger partial charge in [0.05, 0.1) is 68.3 Å². The Hall–Kier alpha value is -11.6. The number of nitrogens with one attached hydrogen (secondary N) is 4. The molecule has 11 rings (SSSR count). The number of methoxy groups -OCH3 is 3. The highest BCUT2D eigenvalue weighted by atomic mass is 16.6. The topological polar surface area (TPSA) is 246 Å². The fourth-order valence-electron chi connectivity index (χ4n) is 12.1. The normalized spacial score (nSPS) is 12.9. The van der Waals surface area contributed by atoms with Gasteiger partial charge >= 0.3 is 24.0 Å². The zero-order valence-electron chi connectivity index (χ0n) is 60.4. The Kier molecular flexibility index (Phi) is 27.1. The smallest absolute Gasteiger partial charge is 0.410 e. The summed E-state index contributed by atoms with van der Waals surface area (Å²) in [7, 11) is 3.93. The number of rotatable bonds is 20. The summed E-state index contributed by atoms with van der Waals surface area (Å²) < 4.78 is 32.2. The number of anilines is 3. The lowest BCUT2D eigenvalue weighted by atomic mass is 9.94. The molecule has 2 fully saturated rings. The zero-order chi connectivity index (χ0) is 74.3.